The number of hydrogen-bond acceptors (Lipinski definition) is 2. The first-order valence-corrected chi connectivity index (χ1v) is 9.08. The average Bonchev–Trinajstić information content (AvgIpc) is 2.57. The maximum absolute atomic E-state index is 12.3. The number of anilines is 1. The van der Waals surface area contributed by atoms with E-state index in [1.807, 2.05) is 20.8 Å². The molecule has 0 aliphatic rings. The lowest BCUT2D eigenvalue weighted by Crippen LogP contribution is -2.42. The van der Waals surface area contributed by atoms with E-state index in [9.17, 15) is 9.59 Å². The standard InChI is InChI=1S/C19H20BrClN2O2/c1-4-19(2,3)23-17(24)12-5-8-14(9-6-12)22-18(25)15-11-13(20)7-10-16(15)21/h5-11H,4H2,1-3H3,(H,22,25)(H,23,24). The molecule has 0 aromatic heterocycles. The van der Waals surface area contributed by atoms with Crippen LogP contribution in [0.2, 0.25) is 5.02 Å². The van der Waals surface area contributed by atoms with Crippen LogP contribution in [0, 0.1) is 0 Å². The number of carbonyl (C=O) groups excluding carboxylic acids is 2. The summed E-state index contributed by atoms with van der Waals surface area (Å²) in [6.07, 6.45) is 0.834. The molecule has 6 heteroatoms. The fraction of sp³-hybridized carbons (Fsp3) is 0.263. The molecule has 2 amide bonds. The molecule has 2 rings (SSSR count). The highest BCUT2D eigenvalue weighted by molar-refractivity contribution is 9.10. The van der Waals surface area contributed by atoms with Crippen LogP contribution in [-0.4, -0.2) is 17.4 Å². The van der Waals surface area contributed by atoms with Gasteiger partial charge in [0, 0.05) is 21.3 Å². The predicted octanol–water partition coefficient (Wildman–Crippen LogP) is 5.27. The van der Waals surface area contributed by atoms with Crippen molar-refractivity contribution in [2.45, 2.75) is 32.7 Å². The molecule has 0 heterocycles. The highest BCUT2D eigenvalue weighted by atomic mass is 79.9. The quantitative estimate of drug-likeness (QED) is 0.688. The molecule has 0 aliphatic heterocycles. The molecule has 0 saturated carbocycles. The van der Waals surface area contributed by atoms with Gasteiger partial charge in [0.05, 0.1) is 10.6 Å². The summed E-state index contributed by atoms with van der Waals surface area (Å²) in [5.74, 6) is -0.449. The van der Waals surface area contributed by atoms with Crippen LogP contribution < -0.4 is 10.6 Å². The Labute approximate surface area is 161 Å². The minimum atomic E-state index is -0.310. The second-order valence-corrected chi connectivity index (χ2v) is 7.67. The molecular weight excluding hydrogens is 404 g/mol. The first kappa shape index (κ1) is 19.5. The lowest BCUT2D eigenvalue weighted by atomic mass is 10.0. The van der Waals surface area contributed by atoms with Crippen LogP contribution in [0.3, 0.4) is 0 Å². The van der Waals surface area contributed by atoms with Crippen LogP contribution in [0.25, 0.3) is 0 Å². The third-order valence-corrected chi connectivity index (χ3v) is 4.74. The summed E-state index contributed by atoms with van der Waals surface area (Å²) in [5, 5.41) is 6.12. The zero-order chi connectivity index (χ0) is 18.6. The Morgan fingerprint density at radius 3 is 2.32 bits per heavy atom. The monoisotopic (exact) mass is 422 g/mol. The van der Waals surface area contributed by atoms with Gasteiger partial charge in [-0.1, -0.05) is 34.5 Å². The molecule has 0 radical (unpaired) electrons. The number of halogens is 2. The Bertz CT molecular complexity index is 789. The Morgan fingerprint density at radius 1 is 1.08 bits per heavy atom. The summed E-state index contributed by atoms with van der Waals surface area (Å²) in [6.45, 7) is 5.97. The van der Waals surface area contributed by atoms with Gasteiger partial charge in [0.1, 0.15) is 0 Å². The van der Waals surface area contributed by atoms with Gasteiger partial charge in [0.25, 0.3) is 11.8 Å². The van der Waals surface area contributed by atoms with Crippen molar-refractivity contribution in [2.75, 3.05) is 5.32 Å². The van der Waals surface area contributed by atoms with Gasteiger partial charge in [-0.15, -0.1) is 0 Å². The lowest BCUT2D eigenvalue weighted by Gasteiger charge is -2.24. The molecule has 0 bridgehead atoms. The summed E-state index contributed by atoms with van der Waals surface area (Å²) in [6, 6.07) is 11.8. The Hall–Kier alpha value is -1.85. The molecule has 132 valence electrons. The molecular formula is C19H20BrClN2O2. The third kappa shape index (κ3) is 5.31. The van der Waals surface area contributed by atoms with E-state index < -0.39 is 0 Å². The van der Waals surface area contributed by atoms with E-state index in [4.69, 9.17) is 11.6 Å². The van der Waals surface area contributed by atoms with E-state index in [1.54, 1.807) is 42.5 Å². The molecule has 0 fully saturated rings. The zero-order valence-corrected chi connectivity index (χ0v) is 16.7. The Kier molecular flexibility index (Phi) is 6.25. The van der Waals surface area contributed by atoms with Crippen molar-refractivity contribution in [3.05, 3.63) is 63.1 Å². The molecule has 0 saturated heterocycles. The predicted molar refractivity (Wildman–Crippen MR) is 105 cm³/mol. The maximum Gasteiger partial charge on any atom is 0.257 e. The summed E-state index contributed by atoms with van der Waals surface area (Å²) in [4.78, 5) is 24.6. The second-order valence-electron chi connectivity index (χ2n) is 6.35. The van der Waals surface area contributed by atoms with Crippen LogP contribution in [-0.2, 0) is 0 Å². The molecule has 0 aliphatic carbocycles. The van der Waals surface area contributed by atoms with Crippen molar-refractivity contribution in [3.8, 4) is 0 Å². The number of rotatable bonds is 5. The van der Waals surface area contributed by atoms with Crippen LogP contribution in [0.1, 0.15) is 47.9 Å². The Balaban J connectivity index is 2.09. The number of nitrogens with one attached hydrogen (secondary N) is 2. The first-order valence-electron chi connectivity index (χ1n) is 7.91. The normalized spacial score (nSPS) is 11.1. The third-order valence-electron chi connectivity index (χ3n) is 3.91. The molecule has 25 heavy (non-hydrogen) atoms. The van der Waals surface area contributed by atoms with Crippen molar-refractivity contribution in [1.29, 1.82) is 0 Å². The molecule has 0 unspecified atom stereocenters. The van der Waals surface area contributed by atoms with Gasteiger partial charge < -0.3 is 10.6 Å². The minimum absolute atomic E-state index is 0.139. The van der Waals surface area contributed by atoms with Crippen LogP contribution >= 0.6 is 27.5 Å². The van der Waals surface area contributed by atoms with Gasteiger partial charge in [-0.05, 0) is 62.7 Å². The number of amides is 2. The Morgan fingerprint density at radius 2 is 1.72 bits per heavy atom. The molecule has 0 spiro atoms. The van der Waals surface area contributed by atoms with E-state index >= 15 is 0 Å². The summed E-state index contributed by atoms with van der Waals surface area (Å²) in [5.41, 5.74) is 1.25. The number of hydrogen-bond donors (Lipinski definition) is 2. The summed E-state index contributed by atoms with van der Waals surface area (Å²) < 4.78 is 0.771. The minimum Gasteiger partial charge on any atom is -0.347 e. The highest BCUT2D eigenvalue weighted by Crippen LogP contribution is 2.22. The van der Waals surface area contributed by atoms with Crippen molar-refractivity contribution >= 4 is 45.0 Å². The maximum atomic E-state index is 12.3. The lowest BCUT2D eigenvalue weighted by molar-refractivity contribution is 0.0911. The first-order chi connectivity index (χ1) is 11.7. The fourth-order valence-electron chi connectivity index (χ4n) is 2.04. The molecule has 2 N–H and O–H groups in total. The second kappa shape index (κ2) is 8.02. The number of carbonyl (C=O) groups is 2. The summed E-state index contributed by atoms with van der Waals surface area (Å²) >= 11 is 9.39. The molecule has 0 atom stereocenters. The van der Waals surface area contributed by atoms with Crippen LogP contribution in [0.5, 0.6) is 0 Å². The van der Waals surface area contributed by atoms with Crippen molar-refractivity contribution in [3.63, 3.8) is 0 Å². The van der Waals surface area contributed by atoms with E-state index in [2.05, 4.69) is 26.6 Å². The highest BCUT2D eigenvalue weighted by Gasteiger charge is 2.19. The SMILES string of the molecule is CCC(C)(C)NC(=O)c1ccc(NC(=O)c2cc(Br)ccc2Cl)cc1. The average molecular weight is 424 g/mol. The van der Waals surface area contributed by atoms with Crippen LogP contribution in [0.4, 0.5) is 5.69 Å². The van der Waals surface area contributed by atoms with E-state index in [0.717, 1.165) is 10.9 Å². The van der Waals surface area contributed by atoms with Gasteiger partial charge in [0.15, 0.2) is 0 Å². The molecule has 2 aromatic rings. The van der Waals surface area contributed by atoms with Gasteiger partial charge in [-0.2, -0.15) is 0 Å². The van der Waals surface area contributed by atoms with E-state index in [0.29, 0.717) is 21.8 Å². The van der Waals surface area contributed by atoms with E-state index in [-0.39, 0.29) is 17.4 Å². The topological polar surface area (TPSA) is 58.2 Å². The summed E-state index contributed by atoms with van der Waals surface area (Å²) in [7, 11) is 0. The smallest absolute Gasteiger partial charge is 0.257 e. The van der Waals surface area contributed by atoms with Gasteiger partial charge in [-0.25, -0.2) is 0 Å². The van der Waals surface area contributed by atoms with E-state index in [1.165, 1.54) is 0 Å². The van der Waals surface area contributed by atoms with Gasteiger partial charge in [-0.3, -0.25) is 9.59 Å². The number of benzene rings is 2. The van der Waals surface area contributed by atoms with Crippen molar-refractivity contribution in [1.82, 2.24) is 5.32 Å². The fourth-order valence-corrected chi connectivity index (χ4v) is 2.61. The van der Waals surface area contributed by atoms with Gasteiger partial charge >= 0.3 is 0 Å². The molecule has 2 aromatic carbocycles. The van der Waals surface area contributed by atoms with Crippen molar-refractivity contribution < 1.29 is 9.59 Å². The molecule has 4 nitrogen and oxygen atoms in total. The van der Waals surface area contributed by atoms with Crippen LogP contribution in [0.15, 0.2) is 46.9 Å². The van der Waals surface area contributed by atoms with Crippen molar-refractivity contribution in [2.24, 2.45) is 0 Å². The zero-order valence-electron chi connectivity index (χ0n) is 14.3. The largest absolute Gasteiger partial charge is 0.347 e. The van der Waals surface area contributed by atoms with Gasteiger partial charge in [0.2, 0.25) is 0 Å².